The van der Waals surface area contributed by atoms with Crippen molar-refractivity contribution in [1.29, 1.82) is 0 Å². The summed E-state index contributed by atoms with van der Waals surface area (Å²) in [6.07, 6.45) is -8.29. The van der Waals surface area contributed by atoms with Gasteiger partial charge in [-0.25, -0.2) is 4.79 Å². The Bertz CT molecular complexity index is 1390. The lowest BCUT2D eigenvalue weighted by molar-refractivity contribution is -0.143. The van der Waals surface area contributed by atoms with Crippen LogP contribution in [-0.4, -0.2) is 24.1 Å². The summed E-state index contributed by atoms with van der Waals surface area (Å²) in [5.74, 6) is 0. The predicted octanol–water partition coefficient (Wildman–Crippen LogP) is 9.71. The Balaban J connectivity index is 1.71. The molecule has 0 aliphatic carbocycles. The van der Waals surface area contributed by atoms with Crippen LogP contribution < -0.4 is 0 Å². The second-order valence-electron chi connectivity index (χ2n) is 11.6. The SMILES string of the molecule is C=CC[C@]1(C)CCC(CO[C@H](C)c2cc(C(F)(F)F)cc(C(F)(F)F)c2)(c2ccccc2)N(C(=O)OCc2ccccc2)C1. The molecule has 1 unspecified atom stereocenters. The summed E-state index contributed by atoms with van der Waals surface area (Å²) in [5, 5.41) is 0. The topological polar surface area (TPSA) is 38.8 Å². The molecule has 1 fully saturated rings. The van der Waals surface area contributed by atoms with Crippen LogP contribution in [0.1, 0.15) is 67.0 Å². The molecule has 10 heteroatoms. The van der Waals surface area contributed by atoms with Gasteiger partial charge in [-0.2, -0.15) is 26.3 Å². The lowest BCUT2D eigenvalue weighted by atomic mass is 9.70. The van der Waals surface area contributed by atoms with Crippen molar-refractivity contribution in [2.75, 3.05) is 13.2 Å². The van der Waals surface area contributed by atoms with E-state index in [0.717, 1.165) is 5.56 Å². The molecule has 0 radical (unpaired) electrons. The fraction of sp³-hybridized carbons (Fsp3) is 0.382. The van der Waals surface area contributed by atoms with E-state index in [4.69, 9.17) is 9.47 Å². The molecule has 4 rings (SSSR count). The van der Waals surface area contributed by atoms with Gasteiger partial charge >= 0.3 is 18.4 Å². The summed E-state index contributed by atoms with van der Waals surface area (Å²) in [4.78, 5) is 15.4. The minimum atomic E-state index is -4.99. The molecule has 0 bridgehead atoms. The second kappa shape index (κ2) is 13.1. The molecule has 1 aliphatic rings. The average Bonchev–Trinajstić information content (AvgIpc) is 2.99. The first-order valence-corrected chi connectivity index (χ1v) is 14.2. The normalized spacial score (nSPS) is 21.5. The summed E-state index contributed by atoms with van der Waals surface area (Å²) in [7, 11) is 0. The van der Waals surface area contributed by atoms with Crippen molar-refractivity contribution in [2.24, 2.45) is 5.41 Å². The minimum absolute atomic E-state index is 0.0148. The van der Waals surface area contributed by atoms with Crippen molar-refractivity contribution in [2.45, 2.75) is 63.7 Å². The number of rotatable bonds is 9. The van der Waals surface area contributed by atoms with E-state index in [9.17, 15) is 31.1 Å². The highest BCUT2D eigenvalue weighted by atomic mass is 19.4. The standard InChI is InChI=1S/C34H35F6NO3/c1-4-15-31(3)16-17-32(27-13-9-6-10-14-27,41(22-31)30(42)43-21-25-11-7-5-8-12-25)23-44-24(2)26-18-28(33(35,36)37)20-29(19-26)34(38,39)40/h4-14,18-20,24H,1,15-17,21-23H2,2-3H3/t24-,31-,32?/m1/s1. The molecule has 3 aromatic carbocycles. The Labute approximate surface area is 253 Å². The van der Waals surface area contributed by atoms with Crippen LogP contribution in [0.15, 0.2) is 91.5 Å². The van der Waals surface area contributed by atoms with Crippen LogP contribution in [0.25, 0.3) is 0 Å². The number of hydrogen-bond donors (Lipinski definition) is 0. The number of piperidine rings is 1. The van der Waals surface area contributed by atoms with E-state index in [0.29, 0.717) is 37.0 Å². The number of carbonyl (C=O) groups excluding carboxylic acids is 1. The van der Waals surface area contributed by atoms with Crippen molar-refractivity contribution < 1.29 is 40.6 Å². The van der Waals surface area contributed by atoms with Crippen LogP contribution in [-0.2, 0) is 34.0 Å². The third-order valence-electron chi connectivity index (χ3n) is 8.22. The van der Waals surface area contributed by atoms with Gasteiger partial charge in [0.1, 0.15) is 6.61 Å². The zero-order valence-electron chi connectivity index (χ0n) is 24.5. The fourth-order valence-corrected chi connectivity index (χ4v) is 5.66. The molecular formula is C34H35F6NO3. The largest absolute Gasteiger partial charge is 0.445 e. The van der Waals surface area contributed by atoms with Crippen LogP contribution >= 0.6 is 0 Å². The lowest BCUT2D eigenvalue weighted by Crippen LogP contribution is -2.59. The van der Waals surface area contributed by atoms with Crippen LogP contribution in [0.3, 0.4) is 0 Å². The Hall–Kier alpha value is -3.79. The molecule has 1 aliphatic heterocycles. The van der Waals surface area contributed by atoms with E-state index >= 15 is 0 Å². The zero-order valence-corrected chi connectivity index (χ0v) is 24.5. The molecule has 4 nitrogen and oxygen atoms in total. The number of hydrogen-bond acceptors (Lipinski definition) is 3. The van der Waals surface area contributed by atoms with Crippen LogP contribution in [0.2, 0.25) is 0 Å². The van der Waals surface area contributed by atoms with Gasteiger partial charge in [-0.15, -0.1) is 6.58 Å². The molecule has 0 saturated carbocycles. The first-order chi connectivity index (χ1) is 20.7. The molecule has 1 amide bonds. The lowest BCUT2D eigenvalue weighted by Gasteiger charge is -2.52. The van der Waals surface area contributed by atoms with Gasteiger partial charge in [-0.05, 0) is 66.5 Å². The first kappa shape index (κ1) is 33.1. The number of likely N-dealkylation sites (tertiary alicyclic amines) is 1. The van der Waals surface area contributed by atoms with Gasteiger partial charge in [0.15, 0.2) is 0 Å². The summed E-state index contributed by atoms with van der Waals surface area (Å²) < 4.78 is 93.2. The molecule has 44 heavy (non-hydrogen) atoms. The Kier molecular flexibility index (Phi) is 9.83. The van der Waals surface area contributed by atoms with E-state index in [1.54, 1.807) is 23.1 Å². The number of ether oxygens (including phenoxy) is 2. The maximum absolute atomic E-state index is 13.8. The van der Waals surface area contributed by atoms with Crippen LogP contribution in [0.5, 0.6) is 0 Å². The van der Waals surface area contributed by atoms with E-state index < -0.39 is 41.2 Å². The van der Waals surface area contributed by atoms with E-state index in [1.165, 1.54) is 6.92 Å². The number of carbonyl (C=O) groups is 1. The number of halogens is 6. The summed E-state index contributed by atoms with van der Waals surface area (Å²) in [6, 6.07) is 19.6. The second-order valence-corrected chi connectivity index (χ2v) is 11.6. The van der Waals surface area contributed by atoms with Gasteiger partial charge in [0, 0.05) is 6.54 Å². The van der Waals surface area contributed by atoms with Gasteiger partial charge in [-0.3, -0.25) is 4.90 Å². The molecule has 3 atom stereocenters. The van der Waals surface area contributed by atoms with Crippen molar-refractivity contribution in [3.05, 3.63) is 119 Å². The quantitative estimate of drug-likeness (QED) is 0.177. The van der Waals surface area contributed by atoms with E-state index in [2.05, 4.69) is 6.58 Å². The summed E-state index contributed by atoms with van der Waals surface area (Å²) in [6.45, 7) is 7.38. The number of benzene rings is 3. The smallest absolute Gasteiger partial charge is 0.416 e. The molecule has 0 spiro atoms. The van der Waals surface area contributed by atoms with Gasteiger partial charge in [0.2, 0.25) is 0 Å². The monoisotopic (exact) mass is 619 g/mol. The maximum atomic E-state index is 13.8. The number of alkyl halides is 6. The van der Waals surface area contributed by atoms with Crippen LogP contribution in [0.4, 0.5) is 31.1 Å². The van der Waals surface area contributed by atoms with Gasteiger partial charge < -0.3 is 9.47 Å². The third kappa shape index (κ3) is 7.64. The molecule has 0 N–H and O–H groups in total. The highest BCUT2D eigenvalue weighted by Gasteiger charge is 2.50. The molecule has 0 aromatic heterocycles. The predicted molar refractivity (Wildman–Crippen MR) is 154 cm³/mol. The van der Waals surface area contributed by atoms with Gasteiger partial charge in [0.25, 0.3) is 0 Å². The van der Waals surface area contributed by atoms with Gasteiger partial charge in [0.05, 0.1) is 29.4 Å². The molecule has 1 heterocycles. The van der Waals surface area contributed by atoms with Crippen molar-refractivity contribution in [1.82, 2.24) is 4.90 Å². The van der Waals surface area contributed by atoms with Crippen molar-refractivity contribution in [3.8, 4) is 0 Å². The fourth-order valence-electron chi connectivity index (χ4n) is 5.66. The zero-order chi connectivity index (χ0) is 32.2. The highest BCUT2D eigenvalue weighted by Crippen LogP contribution is 2.47. The van der Waals surface area contributed by atoms with Crippen molar-refractivity contribution >= 4 is 6.09 Å². The maximum Gasteiger partial charge on any atom is 0.416 e. The third-order valence-corrected chi connectivity index (χ3v) is 8.22. The Morgan fingerprint density at radius 3 is 2.05 bits per heavy atom. The minimum Gasteiger partial charge on any atom is -0.445 e. The Morgan fingerprint density at radius 2 is 1.50 bits per heavy atom. The average molecular weight is 620 g/mol. The number of amides is 1. The summed E-state index contributed by atoms with van der Waals surface area (Å²) >= 11 is 0. The molecule has 236 valence electrons. The summed E-state index contributed by atoms with van der Waals surface area (Å²) in [5.41, 5.74) is -3.07. The first-order valence-electron chi connectivity index (χ1n) is 14.2. The van der Waals surface area contributed by atoms with E-state index in [-0.39, 0.29) is 36.8 Å². The molecule has 3 aromatic rings. The Morgan fingerprint density at radius 1 is 0.932 bits per heavy atom. The van der Waals surface area contributed by atoms with Gasteiger partial charge in [-0.1, -0.05) is 73.7 Å². The molecule has 1 saturated heterocycles. The highest BCUT2D eigenvalue weighted by molar-refractivity contribution is 5.70. The van der Waals surface area contributed by atoms with Crippen molar-refractivity contribution in [3.63, 3.8) is 0 Å². The molecular weight excluding hydrogens is 584 g/mol. The number of nitrogens with zero attached hydrogens (tertiary/aromatic N) is 1. The number of allylic oxidation sites excluding steroid dienone is 1. The van der Waals surface area contributed by atoms with E-state index in [1.807, 2.05) is 55.5 Å². The van der Waals surface area contributed by atoms with Crippen LogP contribution in [0, 0.1) is 5.41 Å².